The Morgan fingerprint density at radius 3 is 2.52 bits per heavy atom. The SMILES string of the molecule is Cc1ccc(Cl)c(OC(CCN2CCOCC2)c2ccc(Cl)cc2)c1. The molecule has 134 valence electrons. The van der Waals surface area contributed by atoms with E-state index >= 15 is 0 Å². The van der Waals surface area contributed by atoms with Gasteiger partial charge in [-0.25, -0.2) is 0 Å². The topological polar surface area (TPSA) is 21.7 Å². The zero-order valence-corrected chi connectivity index (χ0v) is 15.9. The summed E-state index contributed by atoms with van der Waals surface area (Å²) in [5.41, 5.74) is 2.23. The van der Waals surface area contributed by atoms with Gasteiger partial charge in [0.15, 0.2) is 0 Å². The van der Waals surface area contributed by atoms with E-state index in [9.17, 15) is 0 Å². The number of hydrogen-bond acceptors (Lipinski definition) is 3. The minimum absolute atomic E-state index is 0.0700. The van der Waals surface area contributed by atoms with Crippen molar-refractivity contribution in [2.45, 2.75) is 19.4 Å². The van der Waals surface area contributed by atoms with Gasteiger partial charge in [-0.1, -0.05) is 41.4 Å². The Balaban J connectivity index is 1.75. The van der Waals surface area contributed by atoms with E-state index in [1.807, 2.05) is 49.4 Å². The zero-order chi connectivity index (χ0) is 17.6. The van der Waals surface area contributed by atoms with Gasteiger partial charge in [0.2, 0.25) is 0 Å². The fraction of sp³-hybridized carbons (Fsp3) is 0.400. The lowest BCUT2D eigenvalue weighted by molar-refractivity contribution is 0.0317. The maximum Gasteiger partial charge on any atom is 0.139 e. The van der Waals surface area contributed by atoms with Gasteiger partial charge in [0.05, 0.1) is 18.2 Å². The molecule has 1 atom stereocenters. The van der Waals surface area contributed by atoms with E-state index in [-0.39, 0.29) is 6.10 Å². The van der Waals surface area contributed by atoms with Gasteiger partial charge in [0.1, 0.15) is 11.9 Å². The molecule has 1 aliphatic rings. The Labute approximate surface area is 159 Å². The second-order valence-electron chi connectivity index (χ2n) is 6.33. The van der Waals surface area contributed by atoms with Gasteiger partial charge in [0.25, 0.3) is 0 Å². The predicted molar refractivity (Wildman–Crippen MR) is 103 cm³/mol. The van der Waals surface area contributed by atoms with Crippen LogP contribution in [0.15, 0.2) is 42.5 Å². The molecule has 1 saturated heterocycles. The third kappa shape index (κ3) is 5.35. The summed E-state index contributed by atoms with van der Waals surface area (Å²) in [6.07, 6.45) is 0.811. The minimum atomic E-state index is -0.0700. The number of rotatable bonds is 6. The summed E-state index contributed by atoms with van der Waals surface area (Å²) >= 11 is 12.4. The molecule has 0 aliphatic carbocycles. The van der Waals surface area contributed by atoms with Crippen LogP contribution in [0.25, 0.3) is 0 Å². The normalized spacial score (nSPS) is 16.6. The third-order valence-corrected chi connectivity index (χ3v) is 4.97. The molecule has 5 heteroatoms. The first-order valence-electron chi connectivity index (χ1n) is 8.60. The molecule has 2 aromatic rings. The summed E-state index contributed by atoms with van der Waals surface area (Å²) in [4.78, 5) is 2.41. The molecule has 0 bridgehead atoms. The first kappa shape index (κ1) is 18.5. The van der Waals surface area contributed by atoms with Gasteiger partial charge >= 0.3 is 0 Å². The van der Waals surface area contributed by atoms with Crippen molar-refractivity contribution in [3.8, 4) is 5.75 Å². The molecule has 0 spiro atoms. The molecule has 3 nitrogen and oxygen atoms in total. The van der Waals surface area contributed by atoms with Crippen LogP contribution in [0.4, 0.5) is 0 Å². The average molecular weight is 380 g/mol. The Hall–Kier alpha value is -1.26. The smallest absolute Gasteiger partial charge is 0.139 e. The Morgan fingerprint density at radius 1 is 1.08 bits per heavy atom. The van der Waals surface area contributed by atoms with Crippen LogP contribution in [0.5, 0.6) is 5.75 Å². The first-order valence-corrected chi connectivity index (χ1v) is 9.36. The van der Waals surface area contributed by atoms with Crippen LogP contribution in [-0.4, -0.2) is 37.7 Å². The number of halogens is 2. The average Bonchev–Trinajstić information content (AvgIpc) is 2.63. The van der Waals surface area contributed by atoms with Crippen molar-refractivity contribution in [2.24, 2.45) is 0 Å². The van der Waals surface area contributed by atoms with Gasteiger partial charge in [-0.3, -0.25) is 4.90 Å². The fourth-order valence-electron chi connectivity index (χ4n) is 2.95. The molecule has 1 aliphatic heterocycles. The molecule has 1 fully saturated rings. The lowest BCUT2D eigenvalue weighted by Gasteiger charge is -2.29. The highest BCUT2D eigenvalue weighted by atomic mass is 35.5. The minimum Gasteiger partial charge on any atom is -0.484 e. The second-order valence-corrected chi connectivity index (χ2v) is 7.18. The molecule has 2 aromatic carbocycles. The second kappa shape index (κ2) is 8.91. The maximum atomic E-state index is 6.33. The van der Waals surface area contributed by atoms with E-state index < -0.39 is 0 Å². The van der Waals surface area contributed by atoms with Crippen LogP contribution < -0.4 is 4.74 Å². The summed E-state index contributed by atoms with van der Waals surface area (Å²) in [7, 11) is 0. The highest BCUT2D eigenvalue weighted by Gasteiger charge is 2.18. The van der Waals surface area contributed by atoms with Crippen LogP contribution in [-0.2, 0) is 4.74 Å². The molecule has 3 rings (SSSR count). The largest absolute Gasteiger partial charge is 0.484 e. The number of ether oxygens (including phenoxy) is 2. The van der Waals surface area contributed by atoms with Crippen LogP contribution in [0, 0.1) is 6.92 Å². The van der Waals surface area contributed by atoms with Crippen molar-refractivity contribution < 1.29 is 9.47 Å². The monoisotopic (exact) mass is 379 g/mol. The molecule has 0 N–H and O–H groups in total. The molecule has 0 radical (unpaired) electrons. The molecule has 25 heavy (non-hydrogen) atoms. The first-order chi connectivity index (χ1) is 12.1. The molecular formula is C20H23Cl2NO2. The van der Waals surface area contributed by atoms with Crippen molar-refractivity contribution in [3.05, 3.63) is 63.6 Å². The molecule has 1 unspecified atom stereocenters. The van der Waals surface area contributed by atoms with Crippen LogP contribution in [0.3, 0.4) is 0 Å². The Morgan fingerprint density at radius 2 is 1.80 bits per heavy atom. The van der Waals surface area contributed by atoms with Crippen LogP contribution in [0.1, 0.15) is 23.7 Å². The van der Waals surface area contributed by atoms with Crippen molar-refractivity contribution in [1.29, 1.82) is 0 Å². The third-order valence-electron chi connectivity index (χ3n) is 4.41. The van der Waals surface area contributed by atoms with E-state index in [0.717, 1.165) is 61.2 Å². The lowest BCUT2D eigenvalue weighted by atomic mass is 10.1. The summed E-state index contributed by atoms with van der Waals surface area (Å²) in [5.74, 6) is 0.726. The van der Waals surface area contributed by atoms with E-state index in [2.05, 4.69) is 4.90 Å². The van der Waals surface area contributed by atoms with Crippen molar-refractivity contribution in [3.63, 3.8) is 0 Å². The van der Waals surface area contributed by atoms with Gasteiger partial charge in [-0.05, 0) is 42.3 Å². The predicted octanol–water partition coefficient (Wildman–Crippen LogP) is 5.14. The summed E-state index contributed by atoms with van der Waals surface area (Å²) in [6, 6.07) is 13.7. The number of morpholine rings is 1. The Kier molecular flexibility index (Phi) is 6.60. The van der Waals surface area contributed by atoms with Gasteiger partial charge in [-0.15, -0.1) is 0 Å². The van der Waals surface area contributed by atoms with Gasteiger partial charge < -0.3 is 9.47 Å². The summed E-state index contributed by atoms with van der Waals surface area (Å²) in [5, 5.41) is 1.36. The van der Waals surface area contributed by atoms with Gasteiger partial charge in [-0.2, -0.15) is 0 Å². The highest BCUT2D eigenvalue weighted by molar-refractivity contribution is 6.32. The number of benzene rings is 2. The molecule has 0 amide bonds. The van der Waals surface area contributed by atoms with Crippen LogP contribution in [0.2, 0.25) is 10.0 Å². The van der Waals surface area contributed by atoms with Crippen molar-refractivity contribution >= 4 is 23.2 Å². The fourth-order valence-corrected chi connectivity index (χ4v) is 3.24. The zero-order valence-electron chi connectivity index (χ0n) is 14.4. The highest BCUT2D eigenvalue weighted by Crippen LogP contribution is 2.32. The molecule has 0 saturated carbocycles. The quantitative estimate of drug-likeness (QED) is 0.692. The van der Waals surface area contributed by atoms with Crippen molar-refractivity contribution in [2.75, 3.05) is 32.8 Å². The van der Waals surface area contributed by atoms with Crippen LogP contribution >= 0.6 is 23.2 Å². The maximum absolute atomic E-state index is 6.33. The lowest BCUT2D eigenvalue weighted by Crippen LogP contribution is -2.37. The Bertz CT molecular complexity index is 685. The summed E-state index contributed by atoms with van der Waals surface area (Å²) in [6.45, 7) is 6.54. The summed E-state index contributed by atoms with van der Waals surface area (Å²) < 4.78 is 11.7. The molecular weight excluding hydrogens is 357 g/mol. The standard InChI is InChI=1S/C20H23Cl2NO2/c1-15-2-7-18(22)20(14-15)25-19(16-3-5-17(21)6-4-16)8-9-23-10-12-24-13-11-23/h2-7,14,19H,8-13H2,1H3. The van der Waals surface area contributed by atoms with E-state index in [1.54, 1.807) is 0 Å². The number of nitrogens with zero attached hydrogens (tertiary/aromatic N) is 1. The van der Waals surface area contributed by atoms with E-state index in [0.29, 0.717) is 5.02 Å². The molecule has 1 heterocycles. The van der Waals surface area contributed by atoms with E-state index in [4.69, 9.17) is 32.7 Å². The molecule has 0 aromatic heterocycles. The van der Waals surface area contributed by atoms with Crippen molar-refractivity contribution in [1.82, 2.24) is 4.90 Å². The van der Waals surface area contributed by atoms with E-state index in [1.165, 1.54) is 0 Å². The van der Waals surface area contributed by atoms with Gasteiger partial charge in [0, 0.05) is 31.1 Å². The number of aryl methyl sites for hydroxylation is 1. The number of hydrogen-bond donors (Lipinski definition) is 0.